The van der Waals surface area contributed by atoms with Crippen LogP contribution in [0, 0.1) is 6.92 Å². The van der Waals surface area contributed by atoms with Crippen LogP contribution >= 0.6 is 11.3 Å². The SMILES string of the molecule is Cc1nc(CCNS(=O)(=O)c2ccc(CO)o2)cs1. The molecule has 0 aliphatic carbocycles. The lowest BCUT2D eigenvalue weighted by atomic mass is 10.3. The number of nitrogens with one attached hydrogen (secondary N) is 1. The van der Waals surface area contributed by atoms with Gasteiger partial charge in [0.05, 0.1) is 10.7 Å². The summed E-state index contributed by atoms with van der Waals surface area (Å²) in [4.78, 5) is 4.25. The minimum Gasteiger partial charge on any atom is -0.446 e. The molecule has 104 valence electrons. The molecule has 0 aliphatic heterocycles. The quantitative estimate of drug-likeness (QED) is 0.832. The smallest absolute Gasteiger partial charge is 0.273 e. The molecule has 0 fully saturated rings. The Morgan fingerprint density at radius 3 is 2.84 bits per heavy atom. The minimum atomic E-state index is -3.67. The highest BCUT2D eigenvalue weighted by Crippen LogP contribution is 2.14. The molecule has 2 rings (SSSR count). The van der Waals surface area contributed by atoms with Crippen molar-refractivity contribution in [2.75, 3.05) is 6.54 Å². The van der Waals surface area contributed by atoms with Gasteiger partial charge in [0.1, 0.15) is 12.4 Å². The maximum Gasteiger partial charge on any atom is 0.273 e. The molecule has 0 bridgehead atoms. The van der Waals surface area contributed by atoms with Crippen molar-refractivity contribution in [1.29, 1.82) is 0 Å². The predicted octanol–water partition coefficient (Wildman–Crippen LogP) is 1.06. The number of nitrogens with zero attached hydrogens (tertiary/aromatic N) is 1. The summed E-state index contributed by atoms with van der Waals surface area (Å²) in [7, 11) is -3.67. The lowest BCUT2D eigenvalue weighted by Crippen LogP contribution is -2.25. The molecule has 0 aromatic carbocycles. The molecule has 0 radical (unpaired) electrons. The number of thiazole rings is 1. The molecular weight excluding hydrogens is 288 g/mol. The Kier molecular flexibility index (Phi) is 4.35. The van der Waals surface area contributed by atoms with Crippen molar-refractivity contribution in [2.24, 2.45) is 0 Å². The third-order valence-electron chi connectivity index (χ3n) is 2.40. The Hall–Kier alpha value is -1.22. The summed E-state index contributed by atoms with van der Waals surface area (Å²) in [5.41, 5.74) is 0.862. The van der Waals surface area contributed by atoms with E-state index in [2.05, 4.69) is 9.71 Å². The first-order valence-electron chi connectivity index (χ1n) is 5.61. The number of aliphatic hydroxyl groups excluding tert-OH is 1. The maximum atomic E-state index is 11.9. The summed E-state index contributed by atoms with van der Waals surface area (Å²) in [6, 6.07) is 2.75. The lowest BCUT2D eigenvalue weighted by molar-refractivity contribution is 0.236. The number of hydrogen-bond donors (Lipinski definition) is 2. The fraction of sp³-hybridized carbons (Fsp3) is 0.364. The van der Waals surface area contributed by atoms with Gasteiger partial charge in [-0.2, -0.15) is 0 Å². The van der Waals surface area contributed by atoms with E-state index in [0.29, 0.717) is 6.42 Å². The van der Waals surface area contributed by atoms with Crippen LogP contribution in [0.1, 0.15) is 16.5 Å². The molecule has 2 aromatic rings. The first-order valence-corrected chi connectivity index (χ1v) is 7.98. The van der Waals surface area contributed by atoms with E-state index in [4.69, 9.17) is 9.52 Å². The van der Waals surface area contributed by atoms with E-state index in [0.717, 1.165) is 10.7 Å². The van der Waals surface area contributed by atoms with Crippen LogP contribution in [-0.4, -0.2) is 25.1 Å². The van der Waals surface area contributed by atoms with Crippen LogP contribution in [0.15, 0.2) is 27.0 Å². The van der Waals surface area contributed by atoms with E-state index in [1.807, 2.05) is 12.3 Å². The molecular formula is C11H14N2O4S2. The molecule has 2 aromatic heterocycles. The second-order valence-electron chi connectivity index (χ2n) is 3.88. The summed E-state index contributed by atoms with van der Waals surface area (Å²) in [6.07, 6.45) is 0.525. The molecule has 19 heavy (non-hydrogen) atoms. The van der Waals surface area contributed by atoms with Gasteiger partial charge in [-0.3, -0.25) is 0 Å². The Balaban J connectivity index is 1.94. The van der Waals surface area contributed by atoms with Gasteiger partial charge in [0.15, 0.2) is 0 Å². The summed E-state index contributed by atoms with van der Waals surface area (Å²) < 4.78 is 31.1. The predicted molar refractivity (Wildman–Crippen MR) is 70.4 cm³/mol. The van der Waals surface area contributed by atoms with E-state index in [9.17, 15) is 8.42 Å². The highest BCUT2D eigenvalue weighted by molar-refractivity contribution is 7.89. The monoisotopic (exact) mass is 302 g/mol. The molecule has 0 atom stereocenters. The summed E-state index contributed by atoms with van der Waals surface area (Å²) >= 11 is 1.53. The van der Waals surface area contributed by atoms with E-state index in [-0.39, 0.29) is 24.0 Å². The van der Waals surface area contributed by atoms with E-state index in [1.54, 1.807) is 0 Å². The van der Waals surface area contributed by atoms with E-state index < -0.39 is 10.0 Å². The van der Waals surface area contributed by atoms with Crippen LogP contribution in [0.25, 0.3) is 0 Å². The van der Waals surface area contributed by atoms with E-state index >= 15 is 0 Å². The first kappa shape index (κ1) is 14.2. The van der Waals surface area contributed by atoms with Crippen LogP contribution in [0.2, 0.25) is 0 Å². The van der Waals surface area contributed by atoms with Crippen molar-refractivity contribution in [2.45, 2.75) is 25.0 Å². The van der Waals surface area contributed by atoms with Gasteiger partial charge in [0.25, 0.3) is 10.0 Å². The van der Waals surface area contributed by atoms with Crippen molar-refractivity contribution in [3.05, 3.63) is 34.0 Å². The fourth-order valence-corrected chi connectivity index (χ4v) is 3.12. The highest BCUT2D eigenvalue weighted by atomic mass is 32.2. The Bertz CT molecular complexity index is 645. The van der Waals surface area contributed by atoms with Gasteiger partial charge < -0.3 is 9.52 Å². The number of aryl methyl sites for hydroxylation is 1. The van der Waals surface area contributed by atoms with Gasteiger partial charge in [-0.05, 0) is 19.1 Å². The molecule has 6 nitrogen and oxygen atoms in total. The van der Waals surface area contributed by atoms with E-state index in [1.165, 1.54) is 23.5 Å². The largest absolute Gasteiger partial charge is 0.446 e. The van der Waals surface area contributed by atoms with Crippen LogP contribution in [0.5, 0.6) is 0 Å². The molecule has 2 heterocycles. The number of hydrogen-bond acceptors (Lipinski definition) is 6. The second-order valence-corrected chi connectivity index (χ2v) is 6.64. The number of sulfonamides is 1. The van der Waals surface area contributed by atoms with Crippen LogP contribution in [0.4, 0.5) is 0 Å². The molecule has 0 saturated heterocycles. The van der Waals surface area contributed by atoms with Gasteiger partial charge in [-0.15, -0.1) is 11.3 Å². The molecule has 0 aliphatic rings. The molecule has 2 N–H and O–H groups in total. The lowest BCUT2D eigenvalue weighted by Gasteiger charge is -2.02. The number of aliphatic hydroxyl groups is 1. The molecule has 0 unspecified atom stereocenters. The summed E-state index contributed by atoms with van der Waals surface area (Å²) in [5, 5.41) is 11.5. The number of rotatable bonds is 6. The standard InChI is InChI=1S/C11H14N2O4S2/c1-8-13-9(7-18-8)4-5-12-19(15,16)11-3-2-10(6-14)17-11/h2-3,7,12,14H,4-6H2,1H3. The summed E-state index contributed by atoms with van der Waals surface area (Å²) in [5.74, 6) is 0.218. The zero-order valence-electron chi connectivity index (χ0n) is 10.3. The third-order valence-corrected chi connectivity index (χ3v) is 4.55. The average Bonchev–Trinajstić information content (AvgIpc) is 2.98. The zero-order chi connectivity index (χ0) is 13.9. The second kappa shape index (κ2) is 5.83. The third kappa shape index (κ3) is 3.63. The van der Waals surface area contributed by atoms with Crippen molar-refractivity contribution >= 4 is 21.4 Å². The van der Waals surface area contributed by atoms with Gasteiger partial charge >= 0.3 is 0 Å². The molecule has 0 spiro atoms. The van der Waals surface area contributed by atoms with Crippen LogP contribution in [0.3, 0.4) is 0 Å². The normalized spacial score (nSPS) is 11.9. The van der Waals surface area contributed by atoms with Gasteiger partial charge in [0.2, 0.25) is 5.09 Å². The first-order chi connectivity index (χ1) is 9.01. The zero-order valence-corrected chi connectivity index (χ0v) is 11.9. The van der Waals surface area contributed by atoms with Crippen molar-refractivity contribution in [3.8, 4) is 0 Å². The topological polar surface area (TPSA) is 92.4 Å². The van der Waals surface area contributed by atoms with Crippen molar-refractivity contribution in [1.82, 2.24) is 9.71 Å². The Morgan fingerprint density at radius 2 is 2.26 bits per heavy atom. The van der Waals surface area contributed by atoms with Crippen LogP contribution in [-0.2, 0) is 23.1 Å². The number of aromatic nitrogens is 1. The van der Waals surface area contributed by atoms with Crippen molar-refractivity contribution in [3.63, 3.8) is 0 Å². The van der Waals surface area contributed by atoms with Gasteiger partial charge in [-0.25, -0.2) is 18.1 Å². The molecule has 0 saturated carbocycles. The maximum absolute atomic E-state index is 11.9. The van der Waals surface area contributed by atoms with Gasteiger partial charge in [-0.1, -0.05) is 0 Å². The Morgan fingerprint density at radius 1 is 1.47 bits per heavy atom. The fourth-order valence-electron chi connectivity index (χ4n) is 1.50. The van der Waals surface area contributed by atoms with Crippen LogP contribution < -0.4 is 4.72 Å². The number of furan rings is 1. The molecule has 8 heteroatoms. The highest BCUT2D eigenvalue weighted by Gasteiger charge is 2.18. The molecule has 0 amide bonds. The van der Waals surface area contributed by atoms with Gasteiger partial charge in [0, 0.05) is 18.3 Å². The van der Waals surface area contributed by atoms with Crippen molar-refractivity contribution < 1.29 is 17.9 Å². The average molecular weight is 302 g/mol. The summed E-state index contributed by atoms with van der Waals surface area (Å²) in [6.45, 7) is 1.83. The minimum absolute atomic E-state index is 0.189. The Labute approximate surface area is 115 Å².